The molecule has 0 bridgehead atoms. The lowest BCUT2D eigenvalue weighted by molar-refractivity contribution is 0.568. The quantitative estimate of drug-likeness (QED) is 0.711. The first-order chi connectivity index (χ1) is 5.86. The first-order valence-corrected chi connectivity index (χ1v) is 4.76. The van der Waals surface area contributed by atoms with E-state index in [2.05, 4.69) is 19.3 Å². The Bertz CT molecular complexity index is 192. The Morgan fingerprint density at radius 2 is 1.92 bits per heavy atom. The zero-order valence-corrected chi connectivity index (χ0v) is 7.96. The topological polar surface area (TPSA) is 17.0 Å². The molecule has 0 saturated carbocycles. The SMILES string of the molecule is CCCC(CC)Nn1cccc1. The van der Waals surface area contributed by atoms with E-state index in [-0.39, 0.29) is 0 Å². The molecule has 0 radical (unpaired) electrons. The third-order valence-corrected chi connectivity index (χ3v) is 2.07. The van der Waals surface area contributed by atoms with E-state index in [9.17, 15) is 0 Å². The van der Waals surface area contributed by atoms with Crippen molar-refractivity contribution in [3.63, 3.8) is 0 Å². The van der Waals surface area contributed by atoms with Crippen LogP contribution in [0.25, 0.3) is 0 Å². The van der Waals surface area contributed by atoms with E-state index in [1.54, 1.807) is 0 Å². The van der Waals surface area contributed by atoms with E-state index in [4.69, 9.17) is 0 Å². The summed E-state index contributed by atoms with van der Waals surface area (Å²) in [5.41, 5.74) is 3.43. The summed E-state index contributed by atoms with van der Waals surface area (Å²) in [6, 6.07) is 4.68. The van der Waals surface area contributed by atoms with Gasteiger partial charge in [0.1, 0.15) is 0 Å². The second kappa shape index (κ2) is 4.86. The fourth-order valence-electron chi connectivity index (χ4n) is 1.34. The minimum absolute atomic E-state index is 0.613. The zero-order chi connectivity index (χ0) is 8.81. The molecule has 0 aliphatic carbocycles. The van der Waals surface area contributed by atoms with E-state index >= 15 is 0 Å². The van der Waals surface area contributed by atoms with E-state index in [1.807, 2.05) is 29.2 Å². The molecule has 1 aromatic heterocycles. The average Bonchev–Trinajstić information content (AvgIpc) is 2.56. The summed E-state index contributed by atoms with van der Waals surface area (Å²) in [5, 5.41) is 0. The molecule has 0 amide bonds. The van der Waals surface area contributed by atoms with Crippen LogP contribution >= 0.6 is 0 Å². The Morgan fingerprint density at radius 3 is 2.42 bits per heavy atom. The molecule has 1 N–H and O–H groups in total. The highest BCUT2D eigenvalue weighted by Gasteiger charge is 2.02. The van der Waals surface area contributed by atoms with Gasteiger partial charge in [0, 0.05) is 18.4 Å². The van der Waals surface area contributed by atoms with E-state index in [1.165, 1.54) is 19.3 Å². The van der Waals surface area contributed by atoms with Gasteiger partial charge in [-0.05, 0) is 25.0 Å². The van der Waals surface area contributed by atoms with Crippen LogP contribution in [0.1, 0.15) is 33.1 Å². The number of nitrogens with one attached hydrogen (secondary N) is 1. The van der Waals surface area contributed by atoms with Crippen LogP contribution in [0.5, 0.6) is 0 Å². The van der Waals surface area contributed by atoms with Crippen LogP contribution in [0.3, 0.4) is 0 Å². The highest BCUT2D eigenvalue weighted by atomic mass is 15.4. The summed E-state index contributed by atoms with van der Waals surface area (Å²) in [7, 11) is 0. The summed E-state index contributed by atoms with van der Waals surface area (Å²) in [6.07, 6.45) is 7.75. The molecule has 1 heterocycles. The van der Waals surface area contributed by atoms with E-state index in [0.29, 0.717) is 6.04 Å². The molecule has 1 unspecified atom stereocenters. The molecule has 0 aliphatic heterocycles. The number of hydrogen-bond donors (Lipinski definition) is 1. The molecule has 2 nitrogen and oxygen atoms in total. The molecule has 0 aliphatic rings. The maximum atomic E-state index is 3.43. The fraction of sp³-hybridized carbons (Fsp3) is 0.600. The van der Waals surface area contributed by atoms with Crippen molar-refractivity contribution in [3.8, 4) is 0 Å². The lowest BCUT2D eigenvalue weighted by Gasteiger charge is -2.17. The van der Waals surface area contributed by atoms with Crippen molar-refractivity contribution in [1.82, 2.24) is 4.68 Å². The Hall–Kier alpha value is -0.920. The van der Waals surface area contributed by atoms with Crippen LogP contribution in [-0.2, 0) is 0 Å². The summed E-state index contributed by atoms with van der Waals surface area (Å²) < 4.78 is 2.03. The second-order valence-electron chi connectivity index (χ2n) is 3.11. The molecule has 2 heteroatoms. The normalized spacial score (nSPS) is 12.8. The van der Waals surface area contributed by atoms with Gasteiger partial charge in [0.2, 0.25) is 0 Å². The summed E-state index contributed by atoms with van der Waals surface area (Å²) >= 11 is 0. The van der Waals surface area contributed by atoms with Gasteiger partial charge < -0.3 is 5.43 Å². The third kappa shape index (κ3) is 2.61. The molecule has 0 fully saturated rings. The molecular formula is C10H18N2. The smallest absolute Gasteiger partial charge is 0.0421 e. The third-order valence-electron chi connectivity index (χ3n) is 2.07. The van der Waals surface area contributed by atoms with Gasteiger partial charge in [0.05, 0.1) is 0 Å². The predicted octanol–water partition coefficient (Wildman–Crippen LogP) is 2.61. The maximum Gasteiger partial charge on any atom is 0.0421 e. The molecule has 68 valence electrons. The molecule has 0 saturated heterocycles. The zero-order valence-electron chi connectivity index (χ0n) is 7.96. The Labute approximate surface area is 74.6 Å². The first-order valence-electron chi connectivity index (χ1n) is 4.76. The van der Waals surface area contributed by atoms with Gasteiger partial charge in [0.15, 0.2) is 0 Å². The maximum absolute atomic E-state index is 3.43. The molecule has 0 spiro atoms. The molecule has 12 heavy (non-hydrogen) atoms. The average molecular weight is 166 g/mol. The van der Waals surface area contributed by atoms with Crippen molar-refractivity contribution < 1.29 is 0 Å². The van der Waals surface area contributed by atoms with E-state index in [0.717, 1.165) is 0 Å². The highest BCUT2D eigenvalue weighted by Crippen LogP contribution is 2.02. The van der Waals surface area contributed by atoms with Gasteiger partial charge >= 0.3 is 0 Å². The van der Waals surface area contributed by atoms with Gasteiger partial charge in [-0.1, -0.05) is 20.3 Å². The van der Waals surface area contributed by atoms with Gasteiger partial charge in [-0.25, -0.2) is 0 Å². The number of aromatic nitrogens is 1. The van der Waals surface area contributed by atoms with Crippen molar-refractivity contribution in [2.75, 3.05) is 5.43 Å². The van der Waals surface area contributed by atoms with Gasteiger partial charge in [-0.3, -0.25) is 4.68 Å². The largest absolute Gasteiger partial charge is 0.323 e. The van der Waals surface area contributed by atoms with Gasteiger partial charge in [-0.15, -0.1) is 0 Å². The summed E-state index contributed by atoms with van der Waals surface area (Å²) in [6.45, 7) is 4.44. The lowest BCUT2D eigenvalue weighted by atomic mass is 10.1. The van der Waals surface area contributed by atoms with Crippen LogP contribution in [0.2, 0.25) is 0 Å². The fourth-order valence-corrected chi connectivity index (χ4v) is 1.34. The minimum Gasteiger partial charge on any atom is -0.323 e. The Balaban J connectivity index is 2.37. The predicted molar refractivity (Wildman–Crippen MR) is 52.8 cm³/mol. The van der Waals surface area contributed by atoms with Crippen LogP contribution < -0.4 is 5.43 Å². The lowest BCUT2D eigenvalue weighted by Crippen LogP contribution is -2.25. The number of nitrogens with zero attached hydrogens (tertiary/aromatic N) is 1. The van der Waals surface area contributed by atoms with Gasteiger partial charge in [-0.2, -0.15) is 0 Å². The molecule has 1 atom stereocenters. The van der Waals surface area contributed by atoms with Crippen LogP contribution in [-0.4, -0.2) is 10.7 Å². The molecule has 0 aromatic carbocycles. The summed E-state index contributed by atoms with van der Waals surface area (Å²) in [4.78, 5) is 0. The Morgan fingerprint density at radius 1 is 1.25 bits per heavy atom. The molecule has 1 rings (SSSR count). The monoisotopic (exact) mass is 166 g/mol. The number of rotatable bonds is 5. The van der Waals surface area contributed by atoms with Crippen LogP contribution in [0.15, 0.2) is 24.5 Å². The summed E-state index contributed by atoms with van der Waals surface area (Å²) in [5.74, 6) is 0. The van der Waals surface area contributed by atoms with Crippen molar-refractivity contribution in [1.29, 1.82) is 0 Å². The van der Waals surface area contributed by atoms with Crippen molar-refractivity contribution in [3.05, 3.63) is 24.5 Å². The highest BCUT2D eigenvalue weighted by molar-refractivity contribution is 4.95. The van der Waals surface area contributed by atoms with E-state index < -0.39 is 0 Å². The first kappa shape index (κ1) is 9.17. The van der Waals surface area contributed by atoms with Crippen molar-refractivity contribution in [2.45, 2.75) is 39.2 Å². The van der Waals surface area contributed by atoms with Crippen LogP contribution in [0.4, 0.5) is 0 Å². The second-order valence-corrected chi connectivity index (χ2v) is 3.11. The molecule has 1 aromatic rings. The minimum atomic E-state index is 0.613. The van der Waals surface area contributed by atoms with Gasteiger partial charge in [0.25, 0.3) is 0 Å². The number of hydrogen-bond acceptors (Lipinski definition) is 1. The Kier molecular flexibility index (Phi) is 3.71. The van der Waals surface area contributed by atoms with Crippen molar-refractivity contribution >= 4 is 0 Å². The molecular weight excluding hydrogens is 148 g/mol. The standard InChI is InChI=1S/C10H18N2/c1-3-7-10(4-2)11-12-8-5-6-9-12/h5-6,8-11H,3-4,7H2,1-2H3. The van der Waals surface area contributed by atoms with Crippen molar-refractivity contribution in [2.24, 2.45) is 0 Å². The van der Waals surface area contributed by atoms with Crippen LogP contribution in [0, 0.1) is 0 Å².